The van der Waals surface area contributed by atoms with Gasteiger partial charge in [0.05, 0.1) is 24.0 Å². The van der Waals surface area contributed by atoms with Crippen LogP contribution in [0.4, 0.5) is 5.69 Å². The van der Waals surface area contributed by atoms with E-state index in [4.69, 9.17) is 0 Å². The van der Waals surface area contributed by atoms with E-state index in [1.54, 1.807) is 6.20 Å². The lowest BCUT2D eigenvalue weighted by atomic mass is 10.0. The minimum Gasteiger partial charge on any atom is -0.350 e. The summed E-state index contributed by atoms with van der Waals surface area (Å²) in [6.45, 7) is 1.93. The van der Waals surface area contributed by atoms with Crippen LogP contribution in [0.1, 0.15) is 23.6 Å². The Morgan fingerprint density at radius 1 is 1.42 bits per heavy atom. The molecule has 0 radical (unpaired) electrons. The molecule has 1 fully saturated rings. The molecular formula is C18H21N5O. The van der Waals surface area contributed by atoms with Crippen LogP contribution >= 0.6 is 0 Å². The highest BCUT2D eigenvalue weighted by molar-refractivity contribution is 5.96. The number of H-pyrrole nitrogens is 1. The van der Waals surface area contributed by atoms with E-state index >= 15 is 0 Å². The Bertz CT molecular complexity index is 873. The van der Waals surface area contributed by atoms with Crippen molar-refractivity contribution >= 4 is 22.5 Å². The van der Waals surface area contributed by atoms with Crippen molar-refractivity contribution in [2.75, 3.05) is 18.4 Å². The van der Waals surface area contributed by atoms with Gasteiger partial charge in [0, 0.05) is 36.6 Å². The molecule has 0 aliphatic carbocycles. The molecular weight excluding hydrogens is 302 g/mol. The Labute approximate surface area is 140 Å². The van der Waals surface area contributed by atoms with E-state index in [2.05, 4.69) is 37.5 Å². The first-order valence-corrected chi connectivity index (χ1v) is 8.29. The molecule has 3 heterocycles. The van der Waals surface area contributed by atoms with E-state index in [0.29, 0.717) is 12.3 Å². The van der Waals surface area contributed by atoms with E-state index in [1.165, 1.54) is 0 Å². The molecule has 1 atom stereocenters. The van der Waals surface area contributed by atoms with Gasteiger partial charge in [-0.1, -0.05) is 18.2 Å². The lowest BCUT2D eigenvalue weighted by molar-refractivity contribution is -0.115. The van der Waals surface area contributed by atoms with Crippen molar-refractivity contribution in [1.29, 1.82) is 0 Å². The highest BCUT2D eigenvalue weighted by Gasteiger charge is 2.22. The Balaban J connectivity index is 1.52. The lowest BCUT2D eigenvalue weighted by Crippen LogP contribution is -2.16. The summed E-state index contributed by atoms with van der Waals surface area (Å²) in [5.74, 6) is 0.375. The number of rotatable bonds is 4. The number of amides is 1. The van der Waals surface area contributed by atoms with Crippen molar-refractivity contribution < 1.29 is 4.79 Å². The summed E-state index contributed by atoms with van der Waals surface area (Å²) in [6, 6.07) is 8.15. The van der Waals surface area contributed by atoms with Crippen LogP contribution in [0, 0.1) is 0 Å². The summed E-state index contributed by atoms with van der Waals surface area (Å²) in [7, 11) is 2.00. The number of anilines is 1. The molecule has 1 saturated heterocycles. The van der Waals surface area contributed by atoms with Gasteiger partial charge in [0.2, 0.25) is 5.91 Å². The smallest absolute Gasteiger partial charge is 0.228 e. The molecule has 3 aromatic rings. The third-order valence-electron chi connectivity index (χ3n) is 4.74. The van der Waals surface area contributed by atoms with Crippen LogP contribution in [0.15, 0.2) is 36.7 Å². The van der Waals surface area contributed by atoms with Gasteiger partial charge in [0.25, 0.3) is 0 Å². The van der Waals surface area contributed by atoms with E-state index in [-0.39, 0.29) is 5.91 Å². The van der Waals surface area contributed by atoms with Crippen LogP contribution < -0.4 is 10.6 Å². The Hall–Kier alpha value is -2.60. The number of carbonyl (C=O) groups excluding carboxylic acids is 1. The fourth-order valence-corrected chi connectivity index (χ4v) is 3.54. The number of fused-ring (bicyclic) bond motifs is 1. The molecule has 1 amide bonds. The summed E-state index contributed by atoms with van der Waals surface area (Å²) in [4.78, 5) is 12.5. The van der Waals surface area contributed by atoms with Crippen LogP contribution in [-0.2, 0) is 18.3 Å². The van der Waals surface area contributed by atoms with Crippen LogP contribution in [0.25, 0.3) is 10.9 Å². The van der Waals surface area contributed by atoms with Crippen LogP contribution in [0.5, 0.6) is 0 Å². The van der Waals surface area contributed by atoms with Gasteiger partial charge >= 0.3 is 0 Å². The molecule has 3 N–H and O–H groups in total. The van der Waals surface area contributed by atoms with Crippen molar-refractivity contribution in [3.05, 3.63) is 47.9 Å². The molecule has 2 aromatic heterocycles. The Kier molecular flexibility index (Phi) is 3.82. The first-order chi connectivity index (χ1) is 11.7. The fraction of sp³-hybridized carbons (Fsp3) is 0.333. The van der Waals surface area contributed by atoms with Gasteiger partial charge in [-0.05, 0) is 24.6 Å². The first-order valence-electron chi connectivity index (χ1n) is 8.29. The van der Waals surface area contributed by atoms with E-state index < -0.39 is 0 Å². The summed E-state index contributed by atoms with van der Waals surface area (Å²) >= 11 is 0. The number of hydrogen-bond donors (Lipinski definition) is 3. The maximum absolute atomic E-state index is 12.5. The largest absolute Gasteiger partial charge is 0.350 e. The molecule has 1 aromatic carbocycles. The zero-order valence-electron chi connectivity index (χ0n) is 13.7. The van der Waals surface area contributed by atoms with Crippen LogP contribution in [0.3, 0.4) is 0 Å². The van der Waals surface area contributed by atoms with Crippen molar-refractivity contribution in [1.82, 2.24) is 20.1 Å². The van der Waals surface area contributed by atoms with Crippen molar-refractivity contribution in [3.8, 4) is 0 Å². The topological polar surface area (TPSA) is 74.7 Å². The monoisotopic (exact) mass is 323 g/mol. The molecule has 1 aliphatic heterocycles. The number of carbonyl (C=O) groups is 1. The molecule has 0 bridgehead atoms. The number of aromatic nitrogens is 3. The van der Waals surface area contributed by atoms with Crippen molar-refractivity contribution in [3.63, 3.8) is 0 Å². The second kappa shape index (κ2) is 6.13. The minimum atomic E-state index is -0.0139. The second-order valence-corrected chi connectivity index (χ2v) is 6.39. The summed E-state index contributed by atoms with van der Waals surface area (Å²) < 4.78 is 2.06. The van der Waals surface area contributed by atoms with Gasteiger partial charge in [0.15, 0.2) is 0 Å². The van der Waals surface area contributed by atoms with Crippen molar-refractivity contribution in [2.45, 2.75) is 18.8 Å². The standard InChI is InChI=1S/C18H21N5O/c1-23-11-13(14-4-2-3-5-16(14)23)8-17(24)21-15-10-20-22-18(15)12-6-7-19-9-12/h2-5,10-12,19H,6-9H2,1H3,(H,20,22)(H,21,24). The molecule has 6 heteroatoms. The van der Waals surface area contributed by atoms with Gasteiger partial charge in [0.1, 0.15) is 0 Å². The zero-order chi connectivity index (χ0) is 16.5. The quantitative estimate of drug-likeness (QED) is 0.689. The van der Waals surface area contributed by atoms with Gasteiger partial charge in [-0.15, -0.1) is 0 Å². The molecule has 0 spiro atoms. The predicted molar refractivity (Wildman–Crippen MR) is 94.1 cm³/mol. The van der Waals surface area contributed by atoms with Crippen molar-refractivity contribution in [2.24, 2.45) is 7.05 Å². The average molecular weight is 323 g/mol. The lowest BCUT2D eigenvalue weighted by Gasteiger charge is -2.10. The number of nitrogens with zero attached hydrogens (tertiary/aromatic N) is 2. The van der Waals surface area contributed by atoms with Crippen LogP contribution in [-0.4, -0.2) is 33.8 Å². The molecule has 124 valence electrons. The van der Waals surface area contributed by atoms with Gasteiger partial charge < -0.3 is 15.2 Å². The summed E-state index contributed by atoms with van der Waals surface area (Å²) in [5, 5.41) is 14.6. The normalized spacial score (nSPS) is 17.5. The van der Waals surface area contributed by atoms with Gasteiger partial charge in [-0.3, -0.25) is 9.89 Å². The molecule has 6 nitrogen and oxygen atoms in total. The third kappa shape index (κ3) is 2.69. The predicted octanol–water partition coefficient (Wildman–Crippen LogP) is 2.16. The number of aromatic amines is 1. The molecule has 1 aliphatic rings. The number of para-hydroxylation sites is 1. The summed E-state index contributed by atoms with van der Waals surface area (Å²) in [6.07, 6.45) is 5.15. The maximum atomic E-state index is 12.5. The number of benzene rings is 1. The second-order valence-electron chi connectivity index (χ2n) is 6.39. The SMILES string of the molecule is Cn1cc(CC(=O)Nc2cn[nH]c2C2CCNC2)c2ccccc21. The van der Waals surface area contributed by atoms with Gasteiger partial charge in [-0.25, -0.2) is 0 Å². The minimum absolute atomic E-state index is 0.0139. The number of aryl methyl sites for hydroxylation is 1. The fourth-order valence-electron chi connectivity index (χ4n) is 3.54. The first kappa shape index (κ1) is 15.0. The molecule has 0 saturated carbocycles. The summed E-state index contributed by atoms with van der Waals surface area (Å²) in [5.41, 5.74) is 4.00. The maximum Gasteiger partial charge on any atom is 0.228 e. The highest BCUT2D eigenvalue weighted by atomic mass is 16.1. The number of hydrogen-bond acceptors (Lipinski definition) is 3. The molecule has 4 rings (SSSR count). The Morgan fingerprint density at radius 3 is 3.12 bits per heavy atom. The van der Waals surface area contributed by atoms with Gasteiger partial charge in [-0.2, -0.15) is 5.10 Å². The van der Waals surface area contributed by atoms with Crippen LogP contribution in [0.2, 0.25) is 0 Å². The van der Waals surface area contributed by atoms with E-state index in [0.717, 1.165) is 47.4 Å². The van der Waals surface area contributed by atoms with E-state index in [1.807, 2.05) is 25.4 Å². The number of nitrogens with one attached hydrogen (secondary N) is 3. The third-order valence-corrected chi connectivity index (χ3v) is 4.74. The molecule has 1 unspecified atom stereocenters. The average Bonchev–Trinajstić information content (AvgIpc) is 3.29. The highest BCUT2D eigenvalue weighted by Crippen LogP contribution is 2.27. The zero-order valence-corrected chi connectivity index (χ0v) is 13.7. The Morgan fingerprint density at radius 2 is 2.29 bits per heavy atom. The molecule has 24 heavy (non-hydrogen) atoms. The van der Waals surface area contributed by atoms with E-state index in [9.17, 15) is 4.79 Å².